The average Bonchev–Trinajstić information content (AvgIpc) is 3.26. The minimum absolute atomic E-state index is 0.466. The summed E-state index contributed by atoms with van der Waals surface area (Å²) in [6.07, 6.45) is 2.29. The summed E-state index contributed by atoms with van der Waals surface area (Å²) >= 11 is 3.42. The highest BCUT2D eigenvalue weighted by atomic mass is 79.9. The summed E-state index contributed by atoms with van der Waals surface area (Å²) in [7, 11) is 0. The van der Waals surface area contributed by atoms with Gasteiger partial charge in [0.1, 0.15) is 18.2 Å². The summed E-state index contributed by atoms with van der Waals surface area (Å²) in [5, 5.41) is 0. The molecule has 0 aliphatic heterocycles. The lowest BCUT2D eigenvalue weighted by Crippen LogP contribution is -2.06. The molecule has 3 rings (SSSR count). The second-order valence-corrected chi connectivity index (χ2v) is 6.00. The molecule has 104 valence electrons. The normalized spacial score (nSPS) is 14.3. The lowest BCUT2D eigenvalue weighted by atomic mass is 10.2. The smallest absolute Gasteiger partial charge is 0.222 e. The van der Waals surface area contributed by atoms with Gasteiger partial charge in [0, 0.05) is 10.4 Å². The Labute approximate surface area is 126 Å². The third kappa shape index (κ3) is 2.93. The van der Waals surface area contributed by atoms with Crippen molar-refractivity contribution in [3.63, 3.8) is 0 Å². The van der Waals surface area contributed by atoms with E-state index in [-0.39, 0.29) is 0 Å². The Hall–Kier alpha value is -1.62. The Morgan fingerprint density at radius 3 is 2.60 bits per heavy atom. The van der Waals surface area contributed by atoms with Crippen molar-refractivity contribution in [1.29, 1.82) is 0 Å². The van der Waals surface area contributed by atoms with Gasteiger partial charge in [0.15, 0.2) is 0 Å². The number of ether oxygens (including phenoxy) is 1. The van der Waals surface area contributed by atoms with E-state index in [0.717, 1.165) is 34.3 Å². The van der Waals surface area contributed by atoms with E-state index in [2.05, 4.69) is 25.9 Å². The predicted molar refractivity (Wildman–Crippen MR) is 81.6 cm³/mol. The lowest BCUT2D eigenvalue weighted by molar-refractivity contribution is 0.290. The van der Waals surface area contributed by atoms with E-state index in [4.69, 9.17) is 10.5 Å². The minimum Gasteiger partial charge on any atom is -0.472 e. The molecule has 0 spiro atoms. The first-order valence-corrected chi connectivity index (χ1v) is 7.44. The molecule has 0 bridgehead atoms. The number of nitrogen functional groups attached to an aromatic ring is 1. The van der Waals surface area contributed by atoms with Gasteiger partial charge in [-0.3, -0.25) is 0 Å². The van der Waals surface area contributed by atoms with Crippen LogP contribution in [-0.4, -0.2) is 9.97 Å². The van der Waals surface area contributed by atoms with Crippen LogP contribution in [0.15, 0.2) is 28.7 Å². The van der Waals surface area contributed by atoms with Crippen LogP contribution in [0.3, 0.4) is 0 Å². The fourth-order valence-corrected chi connectivity index (χ4v) is 2.19. The molecule has 0 unspecified atom stereocenters. The van der Waals surface area contributed by atoms with E-state index in [1.807, 2.05) is 31.2 Å². The van der Waals surface area contributed by atoms with E-state index < -0.39 is 0 Å². The van der Waals surface area contributed by atoms with Crippen molar-refractivity contribution in [3.05, 3.63) is 45.7 Å². The van der Waals surface area contributed by atoms with Crippen LogP contribution in [0.25, 0.3) is 0 Å². The molecule has 0 saturated heterocycles. The molecular formula is C15H16BrN3O. The largest absolute Gasteiger partial charge is 0.472 e. The topological polar surface area (TPSA) is 61.0 Å². The van der Waals surface area contributed by atoms with Crippen molar-refractivity contribution in [3.8, 4) is 5.88 Å². The minimum atomic E-state index is 0.466. The van der Waals surface area contributed by atoms with Gasteiger partial charge in [-0.05, 0) is 37.5 Å². The second-order valence-electron chi connectivity index (χ2n) is 5.09. The highest BCUT2D eigenvalue weighted by molar-refractivity contribution is 9.10. The molecule has 2 N–H and O–H groups in total. The molecule has 1 fully saturated rings. The summed E-state index contributed by atoms with van der Waals surface area (Å²) in [4.78, 5) is 8.85. The van der Waals surface area contributed by atoms with Crippen LogP contribution in [0, 0.1) is 6.92 Å². The number of nitrogens with two attached hydrogens (primary N) is 1. The summed E-state index contributed by atoms with van der Waals surface area (Å²) < 4.78 is 6.87. The quantitative estimate of drug-likeness (QED) is 0.928. The zero-order valence-electron chi connectivity index (χ0n) is 11.3. The Bertz CT molecular complexity index is 624. The zero-order valence-corrected chi connectivity index (χ0v) is 12.9. The number of halogens is 1. The average molecular weight is 334 g/mol. The van der Waals surface area contributed by atoms with Gasteiger partial charge in [-0.15, -0.1) is 0 Å². The lowest BCUT2D eigenvalue weighted by Gasteiger charge is -2.11. The van der Waals surface area contributed by atoms with E-state index >= 15 is 0 Å². The van der Waals surface area contributed by atoms with Gasteiger partial charge < -0.3 is 10.5 Å². The summed E-state index contributed by atoms with van der Waals surface area (Å²) in [6, 6.07) is 8.03. The number of hydrogen-bond donors (Lipinski definition) is 1. The Balaban J connectivity index is 1.77. The van der Waals surface area contributed by atoms with E-state index in [0.29, 0.717) is 24.2 Å². The van der Waals surface area contributed by atoms with Gasteiger partial charge in [0.05, 0.1) is 5.56 Å². The SMILES string of the molecule is Cc1c(N)nc(C2CC2)nc1OCc1ccc(Br)cc1. The molecule has 0 radical (unpaired) electrons. The second kappa shape index (κ2) is 5.40. The highest BCUT2D eigenvalue weighted by Crippen LogP contribution is 2.39. The molecule has 0 amide bonds. The molecule has 1 aliphatic rings. The maximum Gasteiger partial charge on any atom is 0.222 e. The number of anilines is 1. The first-order chi connectivity index (χ1) is 9.63. The van der Waals surface area contributed by atoms with E-state index in [1.54, 1.807) is 0 Å². The number of nitrogens with zero attached hydrogens (tertiary/aromatic N) is 2. The predicted octanol–water partition coefficient (Wildman–Crippen LogP) is 3.59. The third-order valence-electron chi connectivity index (χ3n) is 3.39. The third-order valence-corrected chi connectivity index (χ3v) is 3.92. The Kier molecular flexibility index (Phi) is 3.61. The van der Waals surface area contributed by atoms with Crippen LogP contribution < -0.4 is 10.5 Å². The molecule has 1 heterocycles. The molecule has 20 heavy (non-hydrogen) atoms. The van der Waals surface area contributed by atoms with Crippen LogP contribution in [0.5, 0.6) is 5.88 Å². The van der Waals surface area contributed by atoms with Gasteiger partial charge >= 0.3 is 0 Å². The van der Waals surface area contributed by atoms with Crippen molar-refractivity contribution in [2.24, 2.45) is 0 Å². The monoisotopic (exact) mass is 333 g/mol. The standard InChI is InChI=1S/C15H16BrN3O/c1-9-13(17)18-14(11-4-5-11)19-15(9)20-8-10-2-6-12(16)7-3-10/h2-3,6-7,11H,4-5,8H2,1H3,(H2,17,18,19). The van der Waals surface area contributed by atoms with Crippen LogP contribution in [-0.2, 0) is 6.61 Å². The highest BCUT2D eigenvalue weighted by Gasteiger charge is 2.28. The molecule has 1 aromatic heterocycles. The summed E-state index contributed by atoms with van der Waals surface area (Å²) in [5.74, 6) is 2.40. The van der Waals surface area contributed by atoms with Crippen molar-refractivity contribution < 1.29 is 4.74 Å². The van der Waals surface area contributed by atoms with Gasteiger partial charge in [-0.25, -0.2) is 4.98 Å². The molecule has 1 aliphatic carbocycles. The number of rotatable bonds is 4. The summed E-state index contributed by atoms with van der Waals surface area (Å²) in [6.45, 7) is 2.37. The van der Waals surface area contributed by atoms with Crippen LogP contribution in [0.4, 0.5) is 5.82 Å². The molecular weight excluding hydrogens is 318 g/mol. The fourth-order valence-electron chi connectivity index (χ4n) is 1.93. The van der Waals surface area contributed by atoms with E-state index in [9.17, 15) is 0 Å². The van der Waals surface area contributed by atoms with Gasteiger partial charge in [-0.1, -0.05) is 28.1 Å². The molecule has 0 atom stereocenters. The van der Waals surface area contributed by atoms with Crippen molar-refractivity contribution >= 4 is 21.7 Å². The maximum absolute atomic E-state index is 5.94. The number of benzene rings is 1. The van der Waals surface area contributed by atoms with Crippen LogP contribution in [0.1, 0.15) is 35.7 Å². The first-order valence-electron chi connectivity index (χ1n) is 6.64. The molecule has 1 saturated carbocycles. The van der Waals surface area contributed by atoms with Gasteiger partial charge in [0.2, 0.25) is 5.88 Å². The fraction of sp³-hybridized carbons (Fsp3) is 0.333. The number of aromatic nitrogens is 2. The summed E-state index contributed by atoms with van der Waals surface area (Å²) in [5.41, 5.74) is 7.85. The van der Waals surface area contributed by atoms with Gasteiger partial charge in [0.25, 0.3) is 0 Å². The Morgan fingerprint density at radius 2 is 1.95 bits per heavy atom. The van der Waals surface area contributed by atoms with Crippen molar-refractivity contribution in [2.45, 2.75) is 32.3 Å². The van der Waals surface area contributed by atoms with E-state index in [1.165, 1.54) is 0 Å². The Morgan fingerprint density at radius 1 is 1.25 bits per heavy atom. The first kappa shape index (κ1) is 13.4. The van der Waals surface area contributed by atoms with Crippen LogP contribution in [0.2, 0.25) is 0 Å². The van der Waals surface area contributed by atoms with Crippen LogP contribution >= 0.6 is 15.9 Å². The molecule has 1 aromatic carbocycles. The zero-order chi connectivity index (χ0) is 14.1. The molecule has 5 heteroatoms. The van der Waals surface area contributed by atoms with Gasteiger partial charge in [-0.2, -0.15) is 4.98 Å². The molecule has 2 aromatic rings. The molecule has 4 nitrogen and oxygen atoms in total. The maximum atomic E-state index is 5.94. The van der Waals surface area contributed by atoms with Crippen molar-refractivity contribution in [1.82, 2.24) is 9.97 Å². The number of hydrogen-bond acceptors (Lipinski definition) is 4. The van der Waals surface area contributed by atoms with Crippen molar-refractivity contribution in [2.75, 3.05) is 5.73 Å².